The molecule has 0 aliphatic heterocycles. The third kappa shape index (κ3) is 1.25. The lowest BCUT2D eigenvalue weighted by Gasteiger charge is -2.00. The molecule has 1 aromatic carbocycles. The quantitative estimate of drug-likeness (QED) is 0.516. The van der Waals surface area contributed by atoms with Crippen molar-refractivity contribution in [1.82, 2.24) is 0 Å². The van der Waals surface area contributed by atoms with Crippen LogP contribution in [0.25, 0.3) is 10.1 Å². The highest BCUT2D eigenvalue weighted by molar-refractivity contribution is 7.80. The van der Waals surface area contributed by atoms with Gasteiger partial charge in [0.2, 0.25) is 0 Å². The van der Waals surface area contributed by atoms with Gasteiger partial charge in [0, 0.05) is 21.3 Å². The summed E-state index contributed by atoms with van der Waals surface area (Å²) in [5.41, 5.74) is 6.58. The van der Waals surface area contributed by atoms with Crippen LogP contribution in [-0.4, -0.2) is 11.1 Å². The van der Waals surface area contributed by atoms with Gasteiger partial charge in [-0.25, -0.2) is 4.79 Å². The number of hydrogen-bond acceptors (Lipinski definition) is 4. The average molecular weight is 225 g/mol. The number of nitrogen functional groups attached to an aromatic ring is 1. The van der Waals surface area contributed by atoms with Crippen LogP contribution in [0, 0.1) is 0 Å². The minimum atomic E-state index is -0.940. The van der Waals surface area contributed by atoms with Crippen molar-refractivity contribution >= 4 is 45.7 Å². The number of thiophene rings is 1. The van der Waals surface area contributed by atoms with E-state index in [1.807, 2.05) is 0 Å². The van der Waals surface area contributed by atoms with Crippen molar-refractivity contribution in [2.75, 3.05) is 5.73 Å². The van der Waals surface area contributed by atoms with E-state index in [-0.39, 0.29) is 5.56 Å². The van der Waals surface area contributed by atoms with Gasteiger partial charge in [0.05, 0.1) is 10.3 Å². The van der Waals surface area contributed by atoms with Gasteiger partial charge < -0.3 is 10.8 Å². The van der Waals surface area contributed by atoms with Crippen molar-refractivity contribution < 1.29 is 9.90 Å². The molecule has 0 aliphatic rings. The molecule has 0 saturated heterocycles. The summed E-state index contributed by atoms with van der Waals surface area (Å²) in [5, 5.41) is 11.4. The molecule has 0 radical (unpaired) electrons. The number of fused-ring (bicyclic) bond motifs is 1. The maximum Gasteiger partial charge on any atom is 0.337 e. The SMILES string of the molecule is Nc1ccc(C(=O)O)c2scc(S)c12. The Labute approximate surface area is 89.6 Å². The van der Waals surface area contributed by atoms with Gasteiger partial charge in [-0.2, -0.15) is 0 Å². The van der Waals surface area contributed by atoms with Gasteiger partial charge in [-0.3, -0.25) is 0 Å². The number of aromatic carboxylic acids is 1. The molecule has 0 fully saturated rings. The van der Waals surface area contributed by atoms with Crippen molar-refractivity contribution in [3.05, 3.63) is 23.1 Å². The van der Waals surface area contributed by atoms with Crippen LogP contribution < -0.4 is 5.73 Å². The van der Waals surface area contributed by atoms with E-state index in [2.05, 4.69) is 12.6 Å². The summed E-state index contributed by atoms with van der Waals surface area (Å²) in [6, 6.07) is 3.11. The Kier molecular flexibility index (Phi) is 2.13. The summed E-state index contributed by atoms with van der Waals surface area (Å²) < 4.78 is 0.683. The Balaban J connectivity index is 2.90. The zero-order valence-corrected chi connectivity index (χ0v) is 8.73. The summed E-state index contributed by atoms with van der Waals surface area (Å²) in [7, 11) is 0. The van der Waals surface area contributed by atoms with Crippen LogP contribution in [0.15, 0.2) is 22.4 Å². The molecule has 72 valence electrons. The largest absolute Gasteiger partial charge is 0.478 e. The normalized spacial score (nSPS) is 10.6. The fraction of sp³-hybridized carbons (Fsp3) is 0. The maximum absolute atomic E-state index is 10.9. The Morgan fingerprint density at radius 2 is 2.21 bits per heavy atom. The number of thiol groups is 1. The van der Waals surface area contributed by atoms with Gasteiger partial charge in [0.1, 0.15) is 0 Å². The molecule has 3 N–H and O–H groups in total. The van der Waals surface area contributed by atoms with Gasteiger partial charge in [0.15, 0.2) is 0 Å². The standard InChI is InChI=1S/C9H7NO2S2/c10-5-2-1-4(9(11)12)8-7(5)6(13)3-14-8/h1-3,13H,10H2,(H,11,12). The maximum atomic E-state index is 10.9. The first-order valence-corrected chi connectivity index (χ1v) is 5.16. The molecule has 3 nitrogen and oxygen atoms in total. The van der Waals surface area contributed by atoms with E-state index in [9.17, 15) is 4.79 Å². The number of nitrogens with two attached hydrogens (primary N) is 1. The highest BCUT2D eigenvalue weighted by Gasteiger charge is 2.13. The molecule has 1 aromatic heterocycles. The highest BCUT2D eigenvalue weighted by atomic mass is 32.1. The molecule has 0 unspecified atom stereocenters. The predicted octanol–water partition coefficient (Wildman–Crippen LogP) is 2.47. The number of carbonyl (C=O) groups is 1. The van der Waals surface area contributed by atoms with Crippen molar-refractivity contribution in [2.45, 2.75) is 4.90 Å². The van der Waals surface area contributed by atoms with Gasteiger partial charge in [-0.1, -0.05) is 0 Å². The molecule has 1 heterocycles. The molecule has 0 atom stereocenters. The number of carboxylic acids is 1. The van der Waals surface area contributed by atoms with Crippen LogP contribution in [0.4, 0.5) is 5.69 Å². The Morgan fingerprint density at radius 1 is 1.50 bits per heavy atom. The van der Waals surface area contributed by atoms with Crippen LogP contribution in [-0.2, 0) is 0 Å². The van der Waals surface area contributed by atoms with Crippen molar-refractivity contribution in [2.24, 2.45) is 0 Å². The van der Waals surface area contributed by atoms with Crippen molar-refractivity contribution in [3.8, 4) is 0 Å². The Bertz CT molecular complexity index is 519. The molecule has 0 saturated carbocycles. The molecule has 5 heteroatoms. The monoisotopic (exact) mass is 225 g/mol. The number of rotatable bonds is 1. The van der Waals surface area contributed by atoms with E-state index in [1.54, 1.807) is 11.4 Å². The van der Waals surface area contributed by atoms with E-state index in [0.717, 1.165) is 10.3 Å². The third-order valence-corrected chi connectivity index (χ3v) is 3.51. The molecular formula is C9H7NO2S2. The van der Waals surface area contributed by atoms with Crippen LogP contribution in [0.3, 0.4) is 0 Å². The van der Waals surface area contributed by atoms with E-state index in [1.165, 1.54) is 17.4 Å². The summed E-state index contributed by atoms with van der Waals surface area (Å²) in [6.45, 7) is 0. The summed E-state index contributed by atoms with van der Waals surface area (Å²) >= 11 is 5.57. The molecule has 0 bridgehead atoms. The summed E-state index contributed by atoms with van der Waals surface area (Å²) in [5.74, 6) is -0.940. The van der Waals surface area contributed by atoms with Crippen LogP contribution in [0.2, 0.25) is 0 Å². The predicted molar refractivity (Wildman–Crippen MR) is 60.4 cm³/mol. The molecule has 0 aliphatic carbocycles. The summed E-state index contributed by atoms with van der Waals surface area (Å²) in [4.78, 5) is 11.6. The van der Waals surface area contributed by atoms with Gasteiger partial charge in [-0.15, -0.1) is 24.0 Å². The number of anilines is 1. The summed E-state index contributed by atoms with van der Waals surface area (Å²) in [6.07, 6.45) is 0. The lowest BCUT2D eigenvalue weighted by Crippen LogP contribution is -1.97. The minimum Gasteiger partial charge on any atom is -0.478 e. The van der Waals surface area contributed by atoms with E-state index >= 15 is 0 Å². The minimum absolute atomic E-state index is 0.277. The zero-order valence-electron chi connectivity index (χ0n) is 7.02. The Hall–Kier alpha value is -1.20. The molecule has 2 rings (SSSR count). The van der Waals surface area contributed by atoms with Gasteiger partial charge in [-0.05, 0) is 12.1 Å². The number of hydrogen-bond donors (Lipinski definition) is 3. The van der Waals surface area contributed by atoms with Gasteiger partial charge in [0.25, 0.3) is 0 Å². The number of benzene rings is 1. The highest BCUT2D eigenvalue weighted by Crippen LogP contribution is 2.35. The van der Waals surface area contributed by atoms with Gasteiger partial charge >= 0.3 is 5.97 Å². The second-order valence-corrected chi connectivity index (χ2v) is 4.19. The Morgan fingerprint density at radius 3 is 2.86 bits per heavy atom. The van der Waals surface area contributed by atoms with E-state index in [4.69, 9.17) is 10.8 Å². The topological polar surface area (TPSA) is 63.3 Å². The molecule has 14 heavy (non-hydrogen) atoms. The first kappa shape index (κ1) is 9.36. The third-order valence-electron chi connectivity index (χ3n) is 1.96. The zero-order chi connectivity index (χ0) is 10.3. The van der Waals surface area contributed by atoms with Crippen LogP contribution >= 0.6 is 24.0 Å². The first-order valence-electron chi connectivity index (χ1n) is 3.83. The lowest BCUT2D eigenvalue weighted by atomic mass is 10.1. The van der Waals surface area contributed by atoms with Crippen LogP contribution in [0.5, 0.6) is 0 Å². The van der Waals surface area contributed by atoms with Crippen molar-refractivity contribution in [1.29, 1.82) is 0 Å². The molecule has 0 spiro atoms. The number of carboxylic acid groups (broad SMARTS) is 1. The lowest BCUT2D eigenvalue weighted by molar-refractivity contribution is 0.0699. The first-order chi connectivity index (χ1) is 6.61. The van der Waals surface area contributed by atoms with Crippen LogP contribution in [0.1, 0.15) is 10.4 Å². The molecule has 2 aromatic rings. The molecule has 0 amide bonds. The fourth-order valence-corrected chi connectivity index (χ4v) is 2.78. The van der Waals surface area contributed by atoms with E-state index < -0.39 is 5.97 Å². The second kappa shape index (κ2) is 3.18. The van der Waals surface area contributed by atoms with E-state index in [0.29, 0.717) is 10.4 Å². The average Bonchev–Trinajstić information content (AvgIpc) is 2.49. The second-order valence-electron chi connectivity index (χ2n) is 2.83. The smallest absolute Gasteiger partial charge is 0.337 e. The molecular weight excluding hydrogens is 218 g/mol. The van der Waals surface area contributed by atoms with Crippen molar-refractivity contribution in [3.63, 3.8) is 0 Å². The fourth-order valence-electron chi connectivity index (χ4n) is 1.33.